The molecule has 6 nitrogen and oxygen atoms in total. The number of hydrogen-bond acceptors (Lipinski definition) is 5. The van der Waals surface area contributed by atoms with E-state index in [1.807, 2.05) is 17.5 Å². The summed E-state index contributed by atoms with van der Waals surface area (Å²) in [4.78, 5) is 36.3. The summed E-state index contributed by atoms with van der Waals surface area (Å²) in [5.74, 6) is -1.27. The maximum atomic E-state index is 12.0. The van der Waals surface area contributed by atoms with Crippen LogP contribution in [0.1, 0.15) is 15.2 Å². The van der Waals surface area contributed by atoms with Gasteiger partial charge in [0.15, 0.2) is 5.78 Å². The summed E-state index contributed by atoms with van der Waals surface area (Å²) in [5, 5.41) is 11.7. The van der Waals surface area contributed by atoms with Crippen LogP contribution in [0.5, 0.6) is 5.88 Å². The number of aromatic nitrogens is 2. The molecular formula is C13H12N2O4S. The van der Waals surface area contributed by atoms with Gasteiger partial charge >= 0.3 is 5.69 Å². The molecule has 0 aliphatic heterocycles. The number of carbonyl (C=O) groups is 1. The highest BCUT2D eigenvalue weighted by atomic mass is 32.1. The summed E-state index contributed by atoms with van der Waals surface area (Å²) in [7, 11) is 2.54. The molecule has 7 heteroatoms. The summed E-state index contributed by atoms with van der Waals surface area (Å²) < 4.78 is 1.64. The van der Waals surface area contributed by atoms with Crippen LogP contribution in [0, 0.1) is 0 Å². The molecule has 0 aliphatic carbocycles. The number of allylic oxidation sites excluding steroid dienone is 1. The van der Waals surface area contributed by atoms with Crippen molar-refractivity contribution in [1.29, 1.82) is 0 Å². The lowest BCUT2D eigenvalue weighted by molar-refractivity contribution is 0.104. The minimum Gasteiger partial charge on any atom is -0.494 e. The zero-order valence-corrected chi connectivity index (χ0v) is 11.7. The van der Waals surface area contributed by atoms with E-state index in [9.17, 15) is 19.5 Å². The molecule has 1 N–H and O–H groups in total. The molecule has 0 amide bonds. The van der Waals surface area contributed by atoms with Crippen molar-refractivity contribution in [2.75, 3.05) is 0 Å². The zero-order valence-electron chi connectivity index (χ0n) is 10.9. The Morgan fingerprint density at radius 3 is 2.60 bits per heavy atom. The summed E-state index contributed by atoms with van der Waals surface area (Å²) in [5.41, 5.74) is -1.92. The van der Waals surface area contributed by atoms with Crippen LogP contribution in [-0.2, 0) is 14.1 Å². The molecule has 0 atom stereocenters. The average Bonchev–Trinajstić information content (AvgIpc) is 2.94. The molecule has 0 saturated carbocycles. The van der Waals surface area contributed by atoms with Crippen LogP contribution in [0.3, 0.4) is 0 Å². The van der Waals surface area contributed by atoms with Crippen LogP contribution in [0.15, 0.2) is 33.2 Å². The molecule has 0 aromatic carbocycles. The predicted octanol–water partition coefficient (Wildman–Crippen LogP) is 0.747. The number of carbonyl (C=O) groups excluding carboxylic acids is 1. The molecule has 20 heavy (non-hydrogen) atoms. The smallest absolute Gasteiger partial charge is 0.333 e. The van der Waals surface area contributed by atoms with E-state index in [0.29, 0.717) is 0 Å². The van der Waals surface area contributed by atoms with E-state index in [4.69, 9.17) is 0 Å². The highest BCUT2D eigenvalue weighted by Gasteiger charge is 2.19. The number of rotatable bonds is 3. The number of hydrogen-bond donors (Lipinski definition) is 1. The number of aromatic hydroxyl groups is 1. The third kappa shape index (κ3) is 2.35. The van der Waals surface area contributed by atoms with Gasteiger partial charge < -0.3 is 5.11 Å². The molecule has 2 heterocycles. The zero-order chi connectivity index (χ0) is 14.9. The summed E-state index contributed by atoms with van der Waals surface area (Å²) in [6.45, 7) is 0. The van der Waals surface area contributed by atoms with Crippen molar-refractivity contribution in [3.8, 4) is 5.88 Å². The fraction of sp³-hybridized carbons (Fsp3) is 0.154. The molecule has 0 bridgehead atoms. The first-order valence-corrected chi connectivity index (χ1v) is 6.56. The Kier molecular flexibility index (Phi) is 3.71. The average molecular weight is 292 g/mol. The van der Waals surface area contributed by atoms with Gasteiger partial charge in [0.25, 0.3) is 5.56 Å². The van der Waals surface area contributed by atoms with Crippen molar-refractivity contribution in [2.45, 2.75) is 0 Å². The fourth-order valence-electron chi connectivity index (χ4n) is 1.68. The van der Waals surface area contributed by atoms with Crippen molar-refractivity contribution in [1.82, 2.24) is 9.13 Å². The molecule has 2 aromatic rings. The van der Waals surface area contributed by atoms with Crippen LogP contribution in [0.2, 0.25) is 0 Å². The highest BCUT2D eigenvalue weighted by Crippen LogP contribution is 2.13. The maximum absolute atomic E-state index is 12.0. The Morgan fingerprint density at radius 1 is 1.30 bits per heavy atom. The predicted molar refractivity (Wildman–Crippen MR) is 76.3 cm³/mol. The third-order valence-electron chi connectivity index (χ3n) is 2.82. The standard InChI is InChI=1S/C13H12N2O4S/c1-14-11(17)10(12(18)15(2)13(14)19)9(16)6-5-8-4-3-7-20-8/h3-7,17H,1-2H3/b6-5+. The maximum Gasteiger partial charge on any atom is 0.333 e. The molecule has 0 spiro atoms. The van der Waals surface area contributed by atoms with Crippen molar-refractivity contribution >= 4 is 23.2 Å². The quantitative estimate of drug-likeness (QED) is 0.668. The normalized spacial score (nSPS) is 11.1. The van der Waals surface area contributed by atoms with Gasteiger partial charge in [-0.15, -0.1) is 11.3 Å². The van der Waals surface area contributed by atoms with Crippen LogP contribution in [-0.4, -0.2) is 20.0 Å². The largest absolute Gasteiger partial charge is 0.494 e. The van der Waals surface area contributed by atoms with E-state index in [1.54, 1.807) is 6.08 Å². The number of ketones is 1. The molecular weight excluding hydrogens is 280 g/mol. The van der Waals surface area contributed by atoms with E-state index < -0.39 is 28.5 Å². The lowest BCUT2D eigenvalue weighted by Crippen LogP contribution is -2.39. The van der Waals surface area contributed by atoms with Gasteiger partial charge in [-0.3, -0.25) is 18.7 Å². The topological polar surface area (TPSA) is 81.3 Å². The van der Waals surface area contributed by atoms with E-state index in [-0.39, 0.29) is 0 Å². The lowest BCUT2D eigenvalue weighted by atomic mass is 10.2. The van der Waals surface area contributed by atoms with Gasteiger partial charge in [0.1, 0.15) is 5.56 Å². The van der Waals surface area contributed by atoms with E-state index in [2.05, 4.69) is 0 Å². The van der Waals surface area contributed by atoms with Crippen LogP contribution in [0.4, 0.5) is 0 Å². The second-order valence-corrected chi connectivity index (χ2v) is 5.10. The van der Waals surface area contributed by atoms with E-state index in [0.717, 1.165) is 14.0 Å². The van der Waals surface area contributed by atoms with Crippen LogP contribution >= 0.6 is 11.3 Å². The Labute approximate surface area is 117 Å². The molecule has 0 aliphatic rings. The Balaban J connectivity index is 2.51. The highest BCUT2D eigenvalue weighted by molar-refractivity contribution is 7.10. The molecule has 0 radical (unpaired) electrons. The van der Waals surface area contributed by atoms with Gasteiger partial charge in [0.2, 0.25) is 5.88 Å². The van der Waals surface area contributed by atoms with E-state index in [1.165, 1.54) is 31.5 Å². The first kappa shape index (κ1) is 14.0. The Bertz CT molecular complexity index is 797. The van der Waals surface area contributed by atoms with Crippen molar-refractivity contribution in [3.05, 3.63) is 54.9 Å². The summed E-state index contributed by atoms with van der Waals surface area (Å²) in [6.07, 6.45) is 2.75. The third-order valence-corrected chi connectivity index (χ3v) is 3.66. The molecule has 0 saturated heterocycles. The number of thiophene rings is 1. The Hall–Kier alpha value is -2.41. The van der Waals surface area contributed by atoms with Gasteiger partial charge in [-0.25, -0.2) is 4.79 Å². The molecule has 2 rings (SSSR count). The first-order chi connectivity index (χ1) is 9.43. The minimum absolute atomic E-state index is 0.414. The van der Waals surface area contributed by atoms with Gasteiger partial charge in [-0.1, -0.05) is 6.07 Å². The fourth-order valence-corrected chi connectivity index (χ4v) is 2.29. The second kappa shape index (κ2) is 5.30. The SMILES string of the molecule is Cn1c(O)c(C(=O)/C=C/c2cccs2)c(=O)n(C)c1=O. The van der Waals surface area contributed by atoms with Gasteiger partial charge in [-0.2, -0.15) is 0 Å². The minimum atomic E-state index is -0.813. The lowest BCUT2D eigenvalue weighted by Gasteiger charge is -2.07. The van der Waals surface area contributed by atoms with Gasteiger partial charge in [0.05, 0.1) is 0 Å². The van der Waals surface area contributed by atoms with Crippen LogP contribution in [0.25, 0.3) is 6.08 Å². The van der Waals surface area contributed by atoms with Gasteiger partial charge in [0, 0.05) is 19.0 Å². The first-order valence-electron chi connectivity index (χ1n) is 5.68. The van der Waals surface area contributed by atoms with Crippen molar-refractivity contribution < 1.29 is 9.90 Å². The summed E-state index contributed by atoms with van der Waals surface area (Å²) in [6, 6.07) is 3.64. The van der Waals surface area contributed by atoms with E-state index >= 15 is 0 Å². The van der Waals surface area contributed by atoms with Gasteiger partial charge in [-0.05, 0) is 23.6 Å². The number of nitrogens with zero attached hydrogens (tertiary/aromatic N) is 2. The van der Waals surface area contributed by atoms with Crippen LogP contribution < -0.4 is 11.2 Å². The van der Waals surface area contributed by atoms with Crippen molar-refractivity contribution in [3.63, 3.8) is 0 Å². The monoisotopic (exact) mass is 292 g/mol. The molecule has 2 aromatic heterocycles. The Morgan fingerprint density at radius 2 is 2.00 bits per heavy atom. The summed E-state index contributed by atoms with van der Waals surface area (Å²) >= 11 is 1.44. The molecule has 0 fully saturated rings. The molecule has 104 valence electrons. The second-order valence-electron chi connectivity index (χ2n) is 4.12. The van der Waals surface area contributed by atoms with Crippen molar-refractivity contribution in [2.24, 2.45) is 14.1 Å². The molecule has 0 unspecified atom stereocenters.